The number of hydrogen-bond donors (Lipinski definition) is 0. The van der Waals surface area contributed by atoms with Crippen LogP contribution in [-0.2, 0) is 25.7 Å². The molecule has 2 heteroatoms. The van der Waals surface area contributed by atoms with Crippen molar-refractivity contribution in [2.75, 3.05) is 7.11 Å². The van der Waals surface area contributed by atoms with Crippen molar-refractivity contribution in [3.63, 3.8) is 0 Å². The van der Waals surface area contributed by atoms with Crippen LogP contribution in [0, 0.1) is 0 Å². The van der Waals surface area contributed by atoms with Gasteiger partial charge in [-0.25, -0.2) is 0 Å². The standard InChI is InChI=1S/C19H20O2/c1-13(20)18-11-17-10-8-15-5-3-14(4-6-15)7-9-16(18)12-19(17)21-2/h3-6,11-12H,7-10H2,1-2H3. The Morgan fingerprint density at radius 1 is 0.905 bits per heavy atom. The van der Waals surface area contributed by atoms with Gasteiger partial charge in [-0.2, -0.15) is 0 Å². The predicted octanol–water partition coefficient (Wildman–Crippen LogP) is 3.78. The third kappa shape index (κ3) is 2.85. The number of ether oxygens (including phenoxy) is 1. The van der Waals surface area contributed by atoms with E-state index in [1.807, 2.05) is 6.07 Å². The molecule has 2 nitrogen and oxygen atoms in total. The van der Waals surface area contributed by atoms with Crippen LogP contribution in [0.15, 0.2) is 36.4 Å². The van der Waals surface area contributed by atoms with Gasteiger partial charge in [-0.3, -0.25) is 4.79 Å². The molecular weight excluding hydrogens is 260 g/mol. The minimum absolute atomic E-state index is 0.139. The fraction of sp³-hybridized carbons (Fsp3) is 0.316. The quantitative estimate of drug-likeness (QED) is 0.782. The third-order valence-electron chi connectivity index (χ3n) is 4.27. The molecular formula is C19H20O2. The van der Waals surface area contributed by atoms with Gasteiger partial charge in [0, 0.05) is 5.56 Å². The van der Waals surface area contributed by atoms with Crippen LogP contribution in [0.1, 0.15) is 39.5 Å². The molecule has 6 rings (SSSR count). The Balaban J connectivity index is 2.10. The van der Waals surface area contributed by atoms with E-state index in [0.29, 0.717) is 0 Å². The van der Waals surface area contributed by atoms with E-state index in [-0.39, 0.29) is 5.78 Å². The molecule has 0 atom stereocenters. The lowest BCUT2D eigenvalue weighted by Crippen LogP contribution is -2.07. The lowest BCUT2D eigenvalue weighted by molar-refractivity contribution is 0.101. The van der Waals surface area contributed by atoms with Crippen molar-refractivity contribution in [2.45, 2.75) is 32.6 Å². The van der Waals surface area contributed by atoms with Crippen LogP contribution in [0.5, 0.6) is 5.75 Å². The second-order valence-corrected chi connectivity index (χ2v) is 5.69. The van der Waals surface area contributed by atoms with E-state index in [1.54, 1.807) is 14.0 Å². The minimum atomic E-state index is 0.139. The Hall–Kier alpha value is -2.09. The van der Waals surface area contributed by atoms with Crippen molar-refractivity contribution < 1.29 is 9.53 Å². The van der Waals surface area contributed by atoms with Crippen LogP contribution in [0.25, 0.3) is 0 Å². The maximum Gasteiger partial charge on any atom is 0.160 e. The Bertz CT molecular complexity index is 669. The Morgan fingerprint density at radius 2 is 1.48 bits per heavy atom. The van der Waals surface area contributed by atoms with Gasteiger partial charge in [-0.05, 0) is 67.0 Å². The molecule has 0 N–H and O–H groups in total. The number of benzene rings is 2. The smallest absolute Gasteiger partial charge is 0.160 e. The second kappa shape index (κ2) is 5.72. The van der Waals surface area contributed by atoms with E-state index >= 15 is 0 Å². The van der Waals surface area contributed by atoms with Crippen molar-refractivity contribution in [3.05, 3.63) is 64.2 Å². The van der Waals surface area contributed by atoms with E-state index < -0.39 is 0 Å². The van der Waals surface area contributed by atoms with Gasteiger partial charge < -0.3 is 4.74 Å². The van der Waals surface area contributed by atoms with E-state index in [9.17, 15) is 4.79 Å². The highest BCUT2D eigenvalue weighted by Crippen LogP contribution is 2.27. The summed E-state index contributed by atoms with van der Waals surface area (Å²) in [6, 6.07) is 12.9. The summed E-state index contributed by atoms with van der Waals surface area (Å²) in [5, 5.41) is 0. The van der Waals surface area contributed by atoms with E-state index in [1.165, 1.54) is 11.1 Å². The summed E-state index contributed by atoms with van der Waals surface area (Å²) in [4.78, 5) is 11.9. The van der Waals surface area contributed by atoms with Gasteiger partial charge in [0.15, 0.2) is 5.78 Å². The molecule has 0 radical (unpaired) electrons. The SMILES string of the molecule is COc1cc2c(C(C)=O)cc1CCc1ccc(cc1)CC2. The first-order valence-electron chi connectivity index (χ1n) is 7.46. The number of carbonyl (C=O) groups is 1. The van der Waals surface area contributed by atoms with Crippen molar-refractivity contribution in [1.29, 1.82) is 0 Å². The molecule has 4 bridgehead atoms. The number of ketones is 1. The third-order valence-corrected chi connectivity index (χ3v) is 4.27. The van der Waals surface area contributed by atoms with Crippen LogP contribution < -0.4 is 4.74 Å². The van der Waals surface area contributed by atoms with Gasteiger partial charge in [-0.1, -0.05) is 24.3 Å². The number of aryl methyl sites for hydroxylation is 4. The molecule has 4 aliphatic carbocycles. The topological polar surface area (TPSA) is 26.3 Å². The summed E-state index contributed by atoms with van der Waals surface area (Å²) in [5.74, 6) is 1.05. The summed E-state index contributed by atoms with van der Waals surface area (Å²) in [6.45, 7) is 1.65. The average molecular weight is 280 g/mol. The predicted molar refractivity (Wildman–Crippen MR) is 84.3 cm³/mol. The Labute approximate surface area is 125 Å². The van der Waals surface area contributed by atoms with Crippen LogP contribution in [-0.4, -0.2) is 12.9 Å². The summed E-state index contributed by atoms with van der Waals surface area (Å²) in [5.41, 5.74) is 5.70. The number of hydrogen-bond acceptors (Lipinski definition) is 2. The average Bonchev–Trinajstić information content (AvgIpc) is 2.49. The summed E-state index contributed by atoms with van der Waals surface area (Å²) in [7, 11) is 1.70. The number of Topliss-reactive ketones (excluding diaryl/α,β-unsaturated/α-hetero) is 1. The molecule has 0 fully saturated rings. The van der Waals surface area contributed by atoms with Gasteiger partial charge in [0.1, 0.15) is 5.75 Å². The monoisotopic (exact) mass is 280 g/mol. The highest BCUT2D eigenvalue weighted by molar-refractivity contribution is 5.96. The highest BCUT2D eigenvalue weighted by atomic mass is 16.5. The zero-order chi connectivity index (χ0) is 14.8. The second-order valence-electron chi connectivity index (χ2n) is 5.69. The molecule has 0 unspecified atom stereocenters. The highest BCUT2D eigenvalue weighted by Gasteiger charge is 2.14. The lowest BCUT2D eigenvalue weighted by Gasteiger charge is -2.16. The fourth-order valence-electron chi connectivity index (χ4n) is 3.02. The first-order valence-corrected chi connectivity index (χ1v) is 7.46. The molecule has 4 aliphatic rings. The fourth-order valence-corrected chi connectivity index (χ4v) is 3.02. The maximum atomic E-state index is 11.9. The number of rotatable bonds is 2. The van der Waals surface area contributed by atoms with Crippen LogP contribution in [0.4, 0.5) is 0 Å². The van der Waals surface area contributed by atoms with E-state index in [0.717, 1.165) is 48.1 Å². The van der Waals surface area contributed by atoms with Crippen LogP contribution in [0.3, 0.4) is 0 Å². The van der Waals surface area contributed by atoms with E-state index in [4.69, 9.17) is 4.74 Å². The normalized spacial score (nSPS) is 13.6. The van der Waals surface area contributed by atoms with Crippen molar-refractivity contribution in [1.82, 2.24) is 0 Å². The van der Waals surface area contributed by atoms with Crippen LogP contribution >= 0.6 is 0 Å². The zero-order valence-electron chi connectivity index (χ0n) is 12.6. The summed E-state index contributed by atoms with van der Waals surface area (Å²) in [6.07, 6.45) is 3.67. The molecule has 0 amide bonds. The molecule has 108 valence electrons. The molecule has 2 aromatic rings. The molecule has 2 aromatic carbocycles. The maximum absolute atomic E-state index is 11.9. The molecule has 0 aromatic heterocycles. The van der Waals surface area contributed by atoms with Crippen molar-refractivity contribution in [3.8, 4) is 5.75 Å². The van der Waals surface area contributed by atoms with Gasteiger partial charge in [-0.15, -0.1) is 0 Å². The Morgan fingerprint density at radius 3 is 2.00 bits per heavy atom. The van der Waals surface area contributed by atoms with Crippen LogP contribution in [0.2, 0.25) is 0 Å². The van der Waals surface area contributed by atoms with Gasteiger partial charge >= 0.3 is 0 Å². The Kier molecular flexibility index (Phi) is 3.78. The minimum Gasteiger partial charge on any atom is -0.496 e. The lowest BCUT2D eigenvalue weighted by atomic mass is 9.91. The zero-order valence-corrected chi connectivity index (χ0v) is 12.6. The molecule has 0 saturated heterocycles. The first-order chi connectivity index (χ1) is 10.2. The first kappa shape index (κ1) is 13.9. The summed E-state index contributed by atoms with van der Waals surface area (Å²) >= 11 is 0. The molecule has 21 heavy (non-hydrogen) atoms. The van der Waals surface area contributed by atoms with Gasteiger partial charge in [0.05, 0.1) is 7.11 Å². The van der Waals surface area contributed by atoms with Gasteiger partial charge in [0.25, 0.3) is 0 Å². The van der Waals surface area contributed by atoms with Crippen molar-refractivity contribution in [2.24, 2.45) is 0 Å². The number of carbonyl (C=O) groups excluding carboxylic acids is 1. The number of methoxy groups -OCH3 is 1. The molecule has 0 aliphatic heterocycles. The largest absolute Gasteiger partial charge is 0.496 e. The summed E-state index contributed by atoms with van der Waals surface area (Å²) < 4.78 is 5.53. The van der Waals surface area contributed by atoms with Gasteiger partial charge in [0.2, 0.25) is 0 Å². The molecule has 0 saturated carbocycles. The molecule has 0 spiro atoms. The van der Waals surface area contributed by atoms with E-state index in [2.05, 4.69) is 30.3 Å². The van der Waals surface area contributed by atoms with Crippen molar-refractivity contribution >= 4 is 5.78 Å². The molecule has 0 heterocycles.